The van der Waals surface area contributed by atoms with Crippen molar-refractivity contribution in [1.82, 2.24) is 0 Å². The normalized spacial score (nSPS) is 15.2. The van der Waals surface area contributed by atoms with Crippen molar-refractivity contribution in [3.05, 3.63) is 48.5 Å². The molecule has 2 aromatic rings. The Hall–Kier alpha value is -1.38. The molecule has 1 nitrogen and oxygen atoms in total. The fraction of sp³-hybridized carbons (Fsp3) is 0.250. The molecule has 0 aliphatic carbocycles. The predicted octanol–water partition coefficient (Wildman–Crippen LogP) is 2.78. The lowest BCUT2D eigenvalue weighted by atomic mass is 10.1. The molecule has 0 radical (unpaired) electrons. The van der Waals surface area contributed by atoms with Gasteiger partial charge in [-0.15, -0.1) is 0 Å². The van der Waals surface area contributed by atoms with Gasteiger partial charge in [0.2, 0.25) is 0 Å². The summed E-state index contributed by atoms with van der Waals surface area (Å²) in [5, 5.41) is 2.91. The molecule has 0 fully saturated rings. The van der Waals surface area contributed by atoms with E-state index in [2.05, 4.69) is 55.5 Å². The van der Waals surface area contributed by atoms with Crippen LogP contribution < -0.4 is 10.4 Å². The molecule has 0 amide bonds. The number of rotatable bonds is 3. The van der Waals surface area contributed by atoms with E-state index < -0.39 is 8.32 Å². The minimum atomic E-state index is -1.95. The highest BCUT2D eigenvalue weighted by atomic mass is 28.4. The Morgan fingerprint density at radius 3 is 1.83 bits per heavy atom. The lowest BCUT2D eigenvalue weighted by Gasteiger charge is -2.27. The van der Waals surface area contributed by atoms with Gasteiger partial charge >= 0.3 is 0 Å². The highest BCUT2D eigenvalue weighted by Gasteiger charge is 2.45. The molecule has 18 heavy (non-hydrogen) atoms. The van der Waals surface area contributed by atoms with Crippen LogP contribution in [0.3, 0.4) is 0 Å². The minimum absolute atomic E-state index is 1.16. The second-order valence-corrected chi connectivity index (χ2v) is 8.51. The van der Waals surface area contributed by atoms with Crippen molar-refractivity contribution in [2.75, 3.05) is 7.11 Å². The topological polar surface area (TPSA) is 9.23 Å². The van der Waals surface area contributed by atoms with Crippen molar-refractivity contribution in [3.8, 4) is 11.1 Å². The van der Waals surface area contributed by atoms with Gasteiger partial charge in [0.1, 0.15) is 0 Å². The van der Waals surface area contributed by atoms with Gasteiger partial charge in [-0.05, 0) is 27.5 Å². The Balaban J connectivity index is 2.32. The highest BCUT2D eigenvalue weighted by Crippen LogP contribution is 2.30. The molecule has 92 valence electrons. The molecule has 1 aliphatic rings. The molecule has 1 heterocycles. The first kappa shape index (κ1) is 11.7. The summed E-state index contributed by atoms with van der Waals surface area (Å²) in [5.74, 6) is 0. The van der Waals surface area contributed by atoms with Gasteiger partial charge in [-0.3, -0.25) is 0 Å². The first-order chi connectivity index (χ1) is 8.83. The molecular weight excluding hydrogens is 236 g/mol. The van der Waals surface area contributed by atoms with E-state index in [1.807, 2.05) is 7.11 Å². The molecule has 1 aliphatic heterocycles. The van der Waals surface area contributed by atoms with Gasteiger partial charge in [0, 0.05) is 7.11 Å². The number of hydrogen-bond donors (Lipinski definition) is 0. The van der Waals surface area contributed by atoms with Gasteiger partial charge in [-0.2, -0.15) is 0 Å². The summed E-state index contributed by atoms with van der Waals surface area (Å²) < 4.78 is 6.13. The van der Waals surface area contributed by atoms with E-state index in [0.717, 1.165) is 6.04 Å². The van der Waals surface area contributed by atoms with Crippen molar-refractivity contribution >= 4 is 18.7 Å². The van der Waals surface area contributed by atoms with Crippen molar-refractivity contribution in [2.24, 2.45) is 0 Å². The second-order valence-electron chi connectivity index (χ2n) is 4.87. The van der Waals surface area contributed by atoms with Crippen LogP contribution in [0.1, 0.15) is 13.3 Å². The molecule has 0 aromatic heterocycles. The van der Waals surface area contributed by atoms with Crippen LogP contribution in [0.5, 0.6) is 0 Å². The van der Waals surface area contributed by atoms with E-state index >= 15 is 0 Å². The van der Waals surface area contributed by atoms with Gasteiger partial charge in [-0.25, -0.2) is 0 Å². The Kier molecular flexibility index (Phi) is 2.84. The Morgan fingerprint density at radius 1 is 0.889 bits per heavy atom. The van der Waals surface area contributed by atoms with E-state index in [4.69, 9.17) is 4.43 Å². The van der Waals surface area contributed by atoms with E-state index in [1.54, 1.807) is 0 Å². The summed E-state index contributed by atoms with van der Waals surface area (Å²) >= 11 is 0. The lowest BCUT2D eigenvalue weighted by Crippen LogP contribution is -2.57. The van der Waals surface area contributed by atoms with Gasteiger partial charge in [-0.1, -0.05) is 61.9 Å². The minimum Gasteiger partial charge on any atom is -0.411 e. The predicted molar refractivity (Wildman–Crippen MR) is 79.0 cm³/mol. The third-order valence-electron chi connectivity index (χ3n) is 3.96. The van der Waals surface area contributed by atoms with Crippen LogP contribution in [-0.4, -0.2) is 15.4 Å². The van der Waals surface area contributed by atoms with Crippen LogP contribution >= 0.6 is 0 Å². The first-order valence-corrected chi connectivity index (χ1v) is 8.69. The number of fused-ring (bicyclic) bond motifs is 3. The average Bonchev–Trinajstić information content (AvgIpc) is 2.72. The van der Waals surface area contributed by atoms with Crippen LogP contribution in [0.2, 0.25) is 6.04 Å². The monoisotopic (exact) mass is 254 g/mol. The smallest absolute Gasteiger partial charge is 0.256 e. The summed E-state index contributed by atoms with van der Waals surface area (Å²) in [6.07, 6.45) is 1.17. The quantitative estimate of drug-likeness (QED) is 0.765. The fourth-order valence-electron chi connectivity index (χ4n) is 3.23. The molecule has 0 saturated carbocycles. The maximum atomic E-state index is 6.13. The third kappa shape index (κ3) is 1.42. The van der Waals surface area contributed by atoms with Gasteiger partial charge in [0.15, 0.2) is 0 Å². The van der Waals surface area contributed by atoms with Gasteiger partial charge in [0.05, 0.1) is 0 Å². The van der Waals surface area contributed by atoms with Gasteiger partial charge < -0.3 is 4.43 Å². The second kappa shape index (κ2) is 4.37. The zero-order valence-electron chi connectivity index (χ0n) is 10.9. The molecule has 0 spiro atoms. The van der Waals surface area contributed by atoms with E-state index in [1.165, 1.54) is 27.9 Å². The van der Waals surface area contributed by atoms with Gasteiger partial charge in [0.25, 0.3) is 8.32 Å². The van der Waals surface area contributed by atoms with Crippen LogP contribution in [0.15, 0.2) is 48.5 Å². The summed E-state index contributed by atoms with van der Waals surface area (Å²) in [7, 11) is -0.0580. The summed E-state index contributed by atoms with van der Waals surface area (Å²) in [6.45, 7) is 2.25. The highest BCUT2D eigenvalue weighted by molar-refractivity contribution is 7.01. The Morgan fingerprint density at radius 2 is 1.39 bits per heavy atom. The van der Waals surface area contributed by atoms with Crippen molar-refractivity contribution < 1.29 is 4.43 Å². The van der Waals surface area contributed by atoms with Crippen molar-refractivity contribution in [3.63, 3.8) is 0 Å². The van der Waals surface area contributed by atoms with E-state index in [0.29, 0.717) is 0 Å². The largest absolute Gasteiger partial charge is 0.411 e. The van der Waals surface area contributed by atoms with E-state index in [9.17, 15) is 0 Å². The zero-order valence-corrected chi connectivity index (χ0v) is 11.9. The lowest BCUT2D eigenvalue weighted by molar-refractivity contribution is 0.415. The summed E-state index contributed by atoms with van der Waals surface area (Å²) in [4.78, 5) is 0. The number of benzene rings is 2. The molecule has 0 bridgehead atoms. The van der Waals surface area contributed by atoms with Crippen LogP contribution in [-0.2, 0) is 4.43 Å². The molecule has 2 aromatic carbocycles. The van der Waals surface area contributed by atoms with Crippen LogP contribution in [0, 0.1) is 0 Å². The molecule has 0 atom stereocenters. The number of hydrogen-bond acceptors (Lipinski definition) is 1. The fourth-order valence-corrected chi connectivity index (χ4v) is 7.44. The molecule has 0 saturated heterocycles. The van der Waals surface area contributed by atoms with Crippen LogP contribution in [0.4, 0.5) is 0 Å². The zero-order chi connectivity index (χ0) is 12.6. The SMILES string of the molecule is CCC[Si]1(OC)c2ccccc2-c2ccccc21. The standard InChI is InChI=1S/C16H18OSi/c1-3-12-18(17-2)15-10-6-4-8-13(15)14-9-5-7-11-16(14)18/h4-11H,3,12H2,1-2H3. The molecule has 2 heteroatoms. The van der Waals surface area contributed by atoms with Crippen LogP contribution in [0.25, 0.3) is 11.1 Å². The third-order valence-corrected chi connectivity index (χ3v) is 8.48. The maximum Gasteiger partial charge on any atom is 0.256 e. The average molecular weight is 254 g/mol. The molecule has 0 unspecified atom stereocenters. The van der Waals surface area contributed by atoms with Crippen molar-refractivity contribution in [1.29, 1.82) is 0 Å². The first-order valence-electron chi connectivity index (χ1n) is 6.58. The molecule has 0 N–H and O–H groups in total. The molecular formula is C16H18OSi. The Labute approximate surface area is 110 Å². The maximum absolute atomic E-state index is 6.13. The van der Waals surface area contributed by atoms with E-state index in [-0.39, 0.29) is 0 Å². The van der Waals surface area contributed by atoms with Crippen molar-refractivity contribution in [2.45, 2.75) is 19.4 Å². The summed E-state index contributed by atoms with van der Waals surface area (Å²) in [5.41, 5.74) is 2.77. The summed E-state index contributed by atoms with van der Waals surface area (Å²) in [6, 6.07) is 18.7. The molecule has 3 rings (SSSR count). The Bertz CT molecular complexity index is 531.